The largest absolute Gasteiger partial charge is 0.387 e. The van der Waals surface area contributed by atoms with Gasteiger partial charge in [-0.15, -0.1) is 0 Å². The van der Waals surface area contributed by atoms with Crippen LogP contribution in [0.15, 0.2) is 66.7 Å². The quantitative estimate of drug-likeness (QED) is 0.260. The van der Waals surface area contributed by atoms with Gasteiger partial charge in [0, 0.05) is 31.0 Å². The van der Waals surface area contributed by atoms with E-state index < -0.39 is 41.7 Å². The minimum absolute atomic E-state index is 0.0187. The molecular formula is C33H38F2N3O4+. The molecule has 5 rings (SSSR count). The molecule has 2 amide bonds. The molecule has 2 aliphatic rings. The maximum atomic E-state index is 14.4. The molecule has 0 spiro atoms. The third-order valence-electron chi connectivity index (χ3n) is 8.96. The van der Waals surface area contributed by atoms with E-state index in [1.807, 2.05) is 6.07 Å². The Morgan fingerprint density at radius 3 is 2.31 bits per heavy atom. The number of amides is 2. The van der Waals surface area contributed by atoms with Crippen LogP contribution in [0.4, 0.5) is 8.78 Å². The molecule has 0 aromatic heterocycles. The second kappa shape index (κ2) is 12.0. The van der Waals surface area contributed by atoms with Crippen LogP contribution in [0.25, 0.3) is 0 Å². The number of aliphatic hydroxyl groups is 2. The molecule has 7 nitrogen and oxygen atoms in total. The van der Waals surface area contributed by atoms with Crippen molar-refractivity contribution in [1.82, 2.24) is 5.32 Å². The Morgan fingerprint density at radius 2 is 1.71 bits per heavy atom. The number of hydrogen-bond acceptors (Lipinski definition) is 5. The number of carbonyl (C=O) groups is 2. The zero-order chi connectivity index (χ0) is 30.1. The summed E-state index contributed by atoms with van der Waals surface area (Å²) in [6.45, 7) is 2.36. The Balaban J connectivity index is 1.52. The fourth-order valence-electron chi connectivity index (χ4n) is 6.53. The van der Waals surface area contributed by atoms with Crippen LogP contribution < -0.4 is 11.1 Å². The Labute approximate surface area is 244 Å². The molecule has 1 aliphatic carbocycles. The first-order valence-corrected chi connectivity index (χ1v) is 14.5. The molecular weight excluding hydrogens is 540 g/mol. The Morgan fingerprint density at radius 1 is 1.02 bits per heavy atom. The number of rotatable bonds is 11. The van der Waals surface area contributed by atoms with Crippen molar-refractivity contribution in [3.8, 4) is 0 Å². The molecule has 0 radical (unpaired) electrons. The lowest BCUT2D eigenvalue weighted by atomic mass is 9.94. The first kappa shape index (κ1) is 30.0. The predicted molar refractivity (Wildman–Crippen MR) is 155 cm³/mol. The van der Waals surface area contributed by atoms with Crippen LogP contribution in [0.5, 0.6) is 0 Å². The summed E-state index contributed by atoms with van der Waals surface area (Å²) < 4.78 is 28.1. The number of likely N-dealkylation sites (tertiary alicyclic amines) is 1. The summed E-state index contributed by atoms with van der Waals surface area (Å²) in [4.78, 5) is 26.6. The van der Waals surface area contributed by atoms with Crippen LogP contribution in [-0.4, -0.2) is 64.4 Å². The fourth-order valence-corrected chi connectivity index (χ4v) is 6.53. The van der Waals surface area contributed by atoms with Gasteiger partial charge in [-0.05, 0) is 60.2 Å². The van der Waals surface area contributed by atoms with Gasteiger partial charge in [-0.3, -0.25) is 4.79 Å². The predicted octanol–water partition coefficient (Wildman–Crippen LogP) is 3.60. The van der Waals surface area contributed by atoms with E-state index in [2.05, 4.69) is 30.4 Å². The summed E-state index contributed by atoms with van der Waals surface area (Å²) in [5.41, 5.74) is 8.04. The number of nitrogens with zero attached hydrogens (tertiary/aromatic N) is 1. The minimum Gasteiger partial charge on any atom is -0.387 e. The second-order valence-corrected chi connectivity index (χ2v) is 11.7. The number of hydrogen-bond donors (Lipinski definition) is 4. The van der Waals surface area contributed by atoms with Crippen molar-refractivity contribution in [1.29, 1.82) is 0 Å². The third kappa shape index (κ3) is 6.01. The van der Waals surface area contributed by atoms with Crippen molar-refractivity contribution < 1.29 is 33.1 Å². The number of primary amides is 1. The Kier molecular flexibility index (Phi) is 8.57. The van der Waals surface area contributed by atoms with Crippen molar-refractivity contribution in [2.24, 2.45) is 5.73 Å². The number of aliphatic hydroxyl groups excluding tert-OH is 2. The molecule has 1 saturated carbocycles. The smallest absolute Gasteiger partial charge is 0.347 e. The average Bonchev–Trinajstić information content (AvgIpc) is 3.67. The monoisotopic (exact) mass is 578 g/mol. The maximum absolute atomic E-state index is 14.4. The highest BCUT2D eigenvalue weighted by atomic mass is 19.1. The summed E-state index contributed by atoms with van der Waals surface area (Å²) in [5, 5.41) is 26.1. The van der Waals surface area contributed by atoms with Gasteiger partial charge in [-0.25, -0.2) is 18.1 Å². The van der Waals surface area contributed by atoms with E-state index in [1.54, 1.807) is 12.1 Å². The molecule has 3 aromatic rings. The van der Waals surface area contributed by atoms with E-state index in [-0.39, 0.29) is 59.2 Å². The van der Waals surface area contributed by atoms with E-state index in [0.717, 1.165) is 30.9 Å². The first-order valence-electron chi connectivity index (χ1n) is 14.5. The van der Waals surface area contributed by atoms with Gasteiger partial charge >= 0.3 is 5.91 Å². The van der Waals surface area contributed by atoms with E-state index in [0.29, 0.717) is 0 Å². The zero-order valence-electron chi connectivity index (χ0n) is 23.7. The molecule has 3 aromatic carbocycles. The van der Waals surface area contributed by atoms with Crippen molar-refractivity contribution in [3.63, 3.8) is 0 Å². The lowest BCUT2D eigenvalue weighted by Gasteiger charge is -2.42. The molecule has 222 valence electrons. The molecule has 1 aliphatic heterocycles. The number of benzene rings is 3. The number of nitrogens with two attached hydrogens (primary N) is 1. The molecule has 9 heteroatoms. The standard InChI is InChI=1S/C33H37F2N3O4/c1-2-21-6-5-7-23(14-21)33(11-12-33)37-19-30(40)29(17-22-15-24(34)18-25(35)16-22)38(13-10-26(39)20-38)32(42)28-9-4-3-8-27(28)31(36)41/h3-9,14-16,18,26,29-30,37,39-40H,2,10-13,17,19-20H2,1H3,(H-,36,41)/p+1. The number of nitrogens with one attached hydrogen (secondary N) is 1. The van der Waals surface area contributed by atoms with E-state index in [4.69, 9.17) is 5.73 Å². The van der Waals surface area contributed by atoms with Gasteiger partial charge in [0.2, 0.25) is 5.91 Å². The van der Waals surface area contributed by atoms with Gasteiger partial charge in [-0.1, -0.05) is 43.3 Å². The molecule has 1 saturated heterocycles. The Hall–Kier alpha value is -3.50. The molecule has 0 bridgehead atoms. The van der Waals surface area contributed by atoms with Crippen molar-refractivity contribution in [3.05, 3.63) is 106 Å². The van der Waals surface area contributed by atoms with E-state index in [9.17, 15) is 28.6 Å². The van der Waals surface area contributed by atoms with Gasteiger partial charge in [0.15, 0.2) is 0 Å². The van der Waals surface area contributed by atoms with Crippen LogP contribution in [0, 0.1) is 11.6 Å². The second-order valence-electron chi connectivity index (χ2n) is 11.7. The van der Waals surface area contributed by atoms with Gasteiger partial charge in [0.1, 0.15) is 36.4 Å². The summed E-state index contributed by atoms with van der Waals surface area (Å²) in [6, 6.07) is 16.8. The molecule has 4 unspecified atom stereocenters. The summed E-state index contributed by atoms with van der Waals surface area (Å²) in [5.74, 6) is -2.77. The van der Waals surface area contributed by atoms with Gasteiger partial charge in [0.05, 0.1) is 17.7 Å². The lowest BCUT2D eigenvalue weighted by Crippen LogP contribution is -2.64. The van der Waals surface area contributed by atoms with Crippen LogP contribution in [0.1, 0.15) is 63.6 Å². The van der Waals surface area contributed by atoms with Crippen molar-refractivity contribution >= 4 is 11.8 Å². The average molecular weight is 579 g/mol. The highest BCUT2D eigenvalue weighted by Crippen LogP contribution is 2.46. The summed E-state index contributed by atoms with van der Waals surface area (Å²) >= 11 is 0. The van der Waals surface area contributed by atoms with Crippen LogP contribution in [0.2, 0.25) is 0 Å². The lowest BCUT2D eigenvalue weighted by molar-refractivity contribution is -0.867. The fraction of sp³-hybridized carbons (Fsp3) is 0.394. The topological polar surface area (TPSA) is 113 Å². The zero-order valence-corrected chi connectivity index (χ0v) is 23.7. The minimum atomic E-state index is -1.14. The normalized spacial score (nSPS) is 22.5. The molecule has 4 atom stereocenters. The van der Waals surface area contributed by atoms with Gasteiger partial charge in [0.25, 0.3) is 0 Å². The van der Waals surface area contributed by atoms with E-state index >= 15 is 0 Å². The number of halogens is 2. The van der Waals surface area contributed by atoms with Crippen LogP contribution >= 0.6 is 0 Å². The SMILES string of the molecule is CCc1cccc(C2(NCC(O)C(Cc3cc(F)cc(F)c3)[N+]3(C(=O)c4ccccc4C(N)=O)CCC(O)C3)CC2)c1. The van der Waals surface area contributed by atoms with E-state index in [1.165, 1.54) is 29.8 Å². The molecule has 2 fully saturated rings. The summed E-state index contributed by atoms with van der Waals surface area (Å²) in [7, 11) is 0. The number of quaternary nitrogens is 1. The Bertz CT molecular complexity index is 1460. The maximum Gasteiger partial charge on any atom is 0.347 e. The highest BCUT2D eigenvalue weighted by Gasteiger charge is 2.54. The van der Waals surface area contributed by atoms with Crippen molar-refractivity contribution in [2.75, 3.05) is 19.6 Å². The first-order chi connectivity index (χ1) is 20.1. The third-order valence-corrected chi connectivity index (χ3v) is 8.96. The highest BCUT2D eigenvalue weighted by molar-refractivity contribution is 6.04. The number of carbonyl (C=O) groups excluding carboxylic acids is 2. The van der Waals surface area contributed by atoms with Gasteiger partial charge in [-0.2, -0.15) is 0 Å². The summed E-state index contributed by atoms with van der Waals surface area (Å²) in [6.07, 6.45) is 0.938. The number of aryl methyl sites for hydroxylation is 1. The molecule has 1 heterocycles. The van der Waals surface area contributed by atoms with Crippen LogP contribution in [-0.2, 0) is 18.4 Å². The van der Waals surface area contributed by atoms with Crippen LogP contribution in [0.3, 0.4) is 0 Å². The van der Waals surface area contributed by atoms with Gasteiger partial charge < -0.3 is 21.3 Å². The van der Waals surface area contributed by atoms with Crippen molar-refractivity contribution in [2.45, 2.75) is 62.8 Å². The molecule has 42 heavy (non-hydrogen) atoms. The molecule has 5 N–H and O–H groups in total.